The standard InChI is InChI=1S/C27H27NO4/c1-4-13-29-26(30-14-5-2)16-20-11-12-25-22(15-20)17-23(32-25)18-24-19(3)31-27(28-24)21-9-7-6-8-10-21/h4-12,15,17,26H,1-2,13-14,16,18H2,3H3. The van der Waals surface area contributed by atoms with Crippen molar-refractivity contribution in [2.24, 2.45) is 0 Å². The number of benzene rings is 2. The zero-order valence-corrected chi connectivity index (χ0v) is 18.3. The molecule has 5 nitrogen and oxygen atoms in total. The fourth-order valence-electron chi connectivity index (χ4n) is 3.53. The Hall–Kier alpha value is -3.41. The number of aromatic nitrogens is 1. The molecule has 0 aliphatic rings. The summed E-state index contributed by atoms with van der Waals surface area (Å²) in [4.78, 5) is 4.68. The zero-order valence-electron chi connectivity index (χ0n) is 18.3. The summed E-state index contributed by atoms with van der Waals surface area (Å²) in [5.74, 6) is 2.27. The molecule has 0 aliphatic heterocycles. The molecule has 0 unspecified atom stereocenters. The average molecular weight is 430 g/mol. The third-order valence-corrected chi connectivity index (χ3v) is 5.09. The van der Waals surface area contributed by atoms with Gasteiger partial charge in [-0.1, -0.05) is 36.4 Å². The van der Waals surface area contributed by atoms with Crippen molar-refractivity contribution in [1.82, 2.24) is 4.98 Å². The fourth-order valence-corrected chi connectivity index (χ4v) is 3.53. The van der Waals surface area contributed by atoms with Gasteiger partial charge in [-0.05, 0) is 42.8 Å². The Bertz CT molecular complexity index is 1180. The Morgan fingerprint density at radius 1 is 0.969 bits per heavy atom. The van der Waals surface area contributed by atoms with Crippen LogP contribution in [0.25, 0.3) is 22.4 Å². The molecule has 0 amide bonds. The number of ether oxygens (including phenoxy) is 2. The van der Waals surface area contributed by atoms with Gasteiger partial charge >= 0.3 is 0 Å². The van der Waals surface area contributed by atoms with Gasteiger partial charge in [0.05, 0.1) is 25.3 Å². The van der Waals surface area contributed by atoms with Gasteiger partial charge in [-0.25, -0.2) is 4.98 Å². The van der Waals surface area contributed by atoms with Gasteiger partial charge in [0.1, 0.15) is 17.1 Å². The monoisotopic (exact) mass is 429 g/mol. The van der Waals surface area contributed by atoms with E-state index in [2.05, 4.69) is 30.3 Å². The second-order valence-corrected chi connectivity index (χ2v) is 7.53. The molecule has 0 N–H and O–H groups in total. The number of aryl methyl sites for hydroxylation is 1. The summed E-state index contributed by atoms with van der Waals surface area (Å²) >= 11 is 0. The molecule has 2 heterocycles. The highest BCUT2D eigenvalue weighted by molar-refractivity contribution is 5.78. The van der Waals surface area contributed by atoms with Gasteiger partial charge in [0, 0.05) is 17.4 Å². The number of hydrogen-bond acceptors (Lipinski definition) is 5. The molecule has 0 atom stereocenters. The van der Waals surface area contributed by atoms with Crippen LogP contribution in [0.15, 0.2) is 88.7 Å². The molecule has 5 heteroatoms. The Kier molecular flexibility index (Phi) is 7.00. The summed E-state index contributed by atoms with van der Waals surface area (Å²) in [6.45, 7) is 10.2. The SMILES string of the molecule is C=CCOC(Cc1ccc2oc(Cc3nc(-c4ccccc4)oc3C)cc2c1)OCC=C. The van der Waals surface area contributed by atoms with Crippen LogP contribution >= 0.6 is 0 Å². The lowest BCUT2D eigenvalue weighted by molar-refractivity contribution is -0.125. The Morgan fingerprint density at radius 2 is 1.72 bits per heavy atom. The highest BCUT2D eigenvalue weighted by Gasteiger charge is 2.15. The summed E-state index contributed by atoms with van der Waals surface area (Å²) in [6, 6.07) is 18.1. The Balaban J connectivity index is 1.50. The van der Waals surface area contributed by atoms with Crippen molar-refractivity contribution in [3.8, 4) is 11.5 Å². The van der Waals surface area contributed by atoms with Gasteiger partial charge in [0.15, 0.2) is 6.29 Å². The van der Waals surface area contributed by atoms with Crippen LogP contribution in [0.4, 0.5) is 0 Å². The number of fused-ring (bicyclic) bond motifs is 1. The minimum absolute atomic E-state index is 0.357. The van der Waals surface area contributed by atoms with Crippen LogP contribution in [0.3, 0.4) is 0 Å². The second kappa shape index (κ2) is 10.3. The van der Waals surface area contributed by atoms with E-state index in [1.54, 1.807) is 12.2 Å². The molecule has 32 heavy (non-hydrogen) atoms. The molecule has 164 valence electrons. The van der Waals surface area contributed by atoms with E-state index in [0.717, 1.165) is 39.3 Å². The van der Waals surface area contributed by atoms with Crippen LogP contribution in [0.5, 0.6) is 0 Å². The summed E-state index contributed by atoms with van der Waals surface area (Å²) in [6.07, 6.45) is 4.26. The van der Waals surface area contributed by atoms with Crippen molar-refractivity contribution in [2.45, 2.75) is 26.1 Å². The minimum atomic E-state index is -0.357. The number of hydrogen-bond donors (Lipinski definition) is 0. The minimum Gasteiger partial charge on any atom is -0.461 e. The fraction of sp³-hybridized carbons (Fsp3) is 0.222. The third kappa shape index (κ3) is 5.25. The van der Waals surface area contributed by atoms with E-state index in [4.69, 9.17) is 18.3 Å². The highest BCUT2D eigenvalue weighted by Crippen LogP contribution is 2.27. The average Bonchev–Trinajstić information content (AvgIpc) is 3.38. The van der Waals surface area contributed by atoms with Crippen molar-refractivity contribution >= 4 is 11.0 Å². The van der Waals surface area contributed by atoms with E-state index in [-0.39, 0.29) is 6.29 Å². The second-order valence-electron chi connectivity index (χ2n) is 7.53. The first-order chi connectivity index (χ1) is 15.7. The maximum absolute atomic E-state index is 6.06. The van der Waals surface area contributed by atoms with Crippen LogP contribution in [0, 0.1) is 6.92 Å². The van der Waals surface area contributed by atoms with Gasteiger partial charge in [0.2, 0.25) is 5.89 Å². The molecule has 0 spiro atoms. The van der Waals surface area contributed by atoms with E-state index < -0.39 is 0 Å². The molecule has 0 saturated carbocycles. The number of nitrogens with zero attached hydrogens (tertiary/aromatic N) is 1. The molecule has 0 bridgehead atoms. The smallest absolute Gasteiger partial charge is 0.226 e. The van der Waals surface area contributed by atoms with E-state index in [1.165, 1.54) is 0 Å². The van der Waals surface area contributed by atoms with Crippen LogP contribution in [-0.2, 0) is 22.3 Å². The lowest BCUT2D eigenvalue weighted by atomic mass is 10.1. The predicted octanol–water partition coefficient (Wildman–Crippen LogP) is 6.26. The molecular formula is C27H27NO4. The van der Waals surface area contributed by atoms with Crippen molar-refractivity contribution < 1.29 is 18.3 Å². The Morgan fingerprint density at radius 3 is 2.44 bits per heavy atom. The molecule has 0 radical (unpaired) electrons. The van der Waals surface area contributed by atoms with E-state index in [1.807, 2.05) is 49.4 Å². The van der Waals surface area contributed by atoms with Gasteiger partial charge in [-0.2, -0.15) is 0 Å². The van der Waals surface area contributed by atoms with Crippen molar-refractivity contribution in [3.63, 3.8) is 0 Å². The first kappa shape index (κ1) is 21.8. The molecule has 0 aliphatic carbocycles. The van der Waals surface area contributed by atoms with Crippen molar-refractivity contribution in [1.29, 1.82) is 0 Å². The maximum Gasteiger partial charge on any atom is 0.226 e. The molecule has 2 aromatic carbocycles. The molecule has 0 saturated heterocycles. The maximum atomic E-state index is 6.06. The Labute approximate surface area is 188 Å². The van der Waals surface area contributed by atoms with E-state index in [9.17, 15) is 0 Å². The lowest BCUT2D eigenvalue weighted by Gasteiger charge is -2.17. The number of furan rings is 1. The molecule has 4 rings (SSSR count). The lowest BCUT2D eigenvalue weighted by Crippen LogP contribution is -2.20. The van der Waals surface area contributed by atoms with Crippen LogP contribution in [0.2, 0.25) is 0 Å². The topological polar surface area (TPSA) is 57.6 Å². The van der Waals surface area contributed by atoms with Crippen LogP contribution < -0.4 is 0 Å². The molecule has 0 fully saturated rings. The summed E-state index contributed by atoms with van der Waals surface area (Å²) < 4.78 is 23.4. The summed E-state index contributed by atoms with van der Waals surface area (Å²) in [7, 11) is 0. The number of oxazole rings is 1. The van der Waals surface area contributed by atoms with Crippen LogP contribution in [0.1, 0.15) is 22.8 Å². The highest BCUT2D eigenvalue weighted by atomic mass is 16.7. The summed E-state index contributed by atoms with van der Waals surface area (Å²) in [5.41, 5.74) is 3.78. The van der Waals surface area contributed by atoms with E-state index >= 15 is 0 Å². The first-order valence-electron chi connectivity index (χ1n) is 10.6. The molecule has 2 aromatic heterocycles. The predicted molar refractivity (Wildman–Crippen MR) is 125 cm³/mol. The largest absolute Gasteiger partial charge is 0.461 e. The van der Waals surface area contributed by atoms with E-state index in [0.29, 0.717) is 31.9 Å². The normalized spacial score (nSPS) is 11.3. The molecular weight excluding hydrogens is 402 g/mol. The molecule has 4 aromatic rings. The van der Waals surface area contributed by atoms with Gasteiger partial charge in [-0.15, -0.1) is 13.2 Å². The van der Waals surface area contributed by atoms with Crippen LogP contribution in [-0.4, -0.2) is 24.5 Å². The van der Waals surface area contributed by atoms with Gasteiger partial charge in [0.25, 0.3) is 0 Å². The quantitative estimate of drug-likeness (QED) is 0.208. The van der Waals surface area contributed by atoms with Gasteiger partial charge < -0.3 is 18.3 Å². The third-order valence-electron chi connectivity index (χ3n) is 5.09. The number of rotatable bonds is 11. The first-order valence-corrected chi connectivity index (χ1v) is 10.6. The summed E-state index contributed by atoms with van der Waals surface area (Å²) in [5, 5.41) is 1.04. The van der Waals surface area contributed by atoms with Gasteiger partial charge in [-0.3, -0.25) is 0 Å². The zero-order chi connectivity index (χ0) is 22.3. The van der Waals surface area contributed by atoms with Crippen molar-refractivity contribution in [2.75, 3.05) is 13.2 Å². The van der Waals surface area contributed by atoms with Crippen molar-refractivity contribution in [3.05, 3.63) is 103 Å².